The lowest BCUT2D eigenvalue weighted by atomic mass is 9.70. The van der Waals surface area contributed by atoms with E-state index in [-0.39, 0.29) is 41.7 Å². The second kappa shape index (κ2) is 11.9. The summed E-state index contributed by atoms with van der Waals surface area (Å²) in [6, 6.07) is 10.8. The predicted molar refractivity (Wildman–Crippen MR) is 161 cm³/mol. The minimum absolute atomic E-state index is 0.0437. The van der Waals surface area contributed by atoms with E-state index in [2.05, 4.69) is 40.9 Å². The highest BCUT2D eigenvalue weighted by Crippen LogP contribution is 2.45. The van der Waals surface area contributed by atoms with E-state index < -0.39 is 17.6 Å². The van der Waals surface area contributed by atoms with Crippen molar-refractivity contribution >= 4 is 11.6 Å². The standard InChI is InChI=1S/C33H41F3N6O2/c1-20(2)29-18-39(3)9-10-41(29)16-21-11-26-27(28(12-21)33(34,35)36)17-42(32(26)43)24-8-6-7-22(13-24)30(23-14-25(15-23)44-5)31-38-37-19-40(31)4/h6-8,11-13,19-20,23,25,29-30H,9-10,14-18H2,1-5H3/t23?,25?,29-,30+/m1/s1. The fraction of sp³-hybridized carbons (Fsp3) is 0.545. The maximum Gasteiger partial charge on any atom is 0.416 e. The molecule has 1 aromatic heterocycles. The molecule has 1 saturated carbocycles. The molecule has 2 aliphatic heterocycles. The third kappa shape index (κ3) is 5.77. The molecule has 1 aliphatic carbocycles. The molecule has 0 N–H and O–H groups in total. The van der Waals surface area contributed by atoms with Crippen molar-refractivity contribution in [2.24, 2.45) is 18.9 Å². The van der Waals surface area contributed by atoms with Crippen LogP contribution in [-0.2, 0) is 31.1 Å². The van der Waals surface area contributed by atoms with Gasteiger partial charge in [-0.25, -0.2) is 0 Å². The van der Waals surface area contributed by atoms with Gasteiger partial charge < -0.3 is 19.1 Å². The summed E-state index contributed by atoms with van der Waals surface area (Å²) in [7, 11) is 5.69. The molecule has 236 valence electrons. The fourth-order valence-corrected chi connectivity index (χ4v) is 7.24. The Balaban J connectivity index is 1.32. The molecule has 44 heavy (non-hydrogen) atoms. The first-order valence-corrected chi connectivity index (χ1v) is 15.4. The molecular formula is C33H41F3N6O2. The van der Waals surface area contributed by atoms with Gasteiger partial charge in [-0.05, 0) is 72.7 Å². The number of piperazine rings is 1. The van der Waals surface area contributed by atoms with Crippen LogP contribution in [0.2, 0.25) is 0 Å². The number of halogens is 3. The van der Waals surface area contributed by atoms with Crippen molar-refractivity contribution in [1.29, 1.82) is 0 Å². The van der Waals surface area contributed by atoms with Gasteiger partial charge in [-0.2, -0.15) is 13.2 Å². The summed E-state index contributed by atoms with van der Waals surface area (Å²) < 4.78 is 50.9. The minimum atomic E-state index is -4.57. The molecular weight excluding hydrogens is 569 g/mol. The van der Waals surface area contributed by atoms with E-state index >= 15 is 0 Å². The molecule has 0 bridgehead atoms. The average Bonchev–Trinajstić information content (AvgIpc) is 3.53. The van der Waals surface area contributed by atoms with E-state index in [0.29, 0.717) is 23.7 Å². The van der Waals surface area contributed by atoms with E-state index in [9.17, 15) is 18.0 Å². The number of nitrogens with zero attached hydrogens (tertiary/aromatic N) is 6. The topological polar surface area (TPSA) is 66.7 Å². The number of aryl methyl sites for hydroxylation is 1. The van der Waals surface area contributed by atoms with Crippen molar-refractivity contribution in [2.75, 3.05) is 38.7 Å². The summed E-state index contributed by atoms with van der Waals surface area (Å²) in [5.74, 6) is 0.952. The maximum atomic E-state index is 14.5. The fourth-order valence-electron chi connectivity index (χ4n) is 7.24. The molecule has 8 nitrogen and oxygen atoms in total. The first-order valence-electron chi connectivity index (χ1n) is 15.4. The number of anilines is 1. The van der Waals surface area contributed by atoms with Gasteiger partial charge in [0, 0.05) is 63.5 Å². The Labute approximate surface area is 256 Å². The van der Waals surface area contributed by atoms with Gasteiger partial charge in [0.15, 0.2) is 0 Å². The molecule has 6 rings (SSSR count). The van der Waals surface area contributed by atoms with E-state index in [1.807, 2.05) is 29.8 Å². The Morgan fingerprint density at radius 2 is 1.86 bits per heavy atom. The van der Waals surface area contributed by atoms with Crippen LogP contribution in [0.5, 0.6) is 0 Å². The molecule has 1 saturated heterocycles. The molecule has 0 unspecified atom stereocenters. The number of hydrogen-bond acceptors (Lipinski definition) is 6. The summed E-state index contributed by atoms with van der Waals surface area (Å²) in [5, 5.41) is 8.49. The van der Waals surface area contributed by atoms with Crippen molar-refractivity contribution in [3.05, 3.63) is 76.4 Å². The van der Waals surface area contributed by atoms with Crippen molar-refractivity contribution in [2.45, 2.75) is 64.0 Å². The molecule has 3 aliphatic rings. The summed E-state index contributed by atoms with van der Waals surface area (Å²) in [6.45, 7) is 7.02. The number of amides is 1. The lowest BCUT2D eigenvalue weighted by Crippen LogP contribution is -2.53. The molecule has 2 atom stereocenters. The smallest absolute Gasteiger partial charge is 0.381 e. The second-order valence-corrected chi connectivity index (χ2v) is 13.1. The van der Waals surface area contributed by atoms with Crippen LogP contribution in [0.15, 0.2) is 42.7 Å². The minimum Gasteiger partial charge on any atom is -0.381 e. The number of benzene rings is 2. The molecule has 11 heteroatoms. The van der Waals surface area contributed by atoms with Crippen LogP contribution in [0.4, 0.5) is 18.9 Å². The van der Waals surface area contributed by atoms with Crippen LogP contribution in [-0.4, -0.2) is 76.4 Å². The van der Waals surface area contributed by atoms with E-state index in [4.69, 9.17) is 4.74 Å². The number of rotatable bonds is 8. The number of alkyl halides is 3. The summed E-state index contributed by atoms with van der Waals surface area (Å²) in [4.78, 5) is 19.9. The van der Waals surface area contributed by atoms with E-state index in [0.717, 1.165) is 43.9 Å². The number of carbonyl (C=O) groups excluding carboxylic acids is 1. The molecule has 3 aromatic rings. The zero-order chi connectivity index (χ0) is 31.3. The Morgan fingerprint density at radius 3 is 2.52 bits per heavy atom. The van der Waals surface area contributed by atoms with Crippen molar-refractivity contribution in [3.63, 3.8) is 0 Å². The van der Waals surface area contributed by atoms with Crippen molar-refractivity contribution < 1.29 is 22.7 Å². The summed E-state index contributed by atoms with van der Waals surface area (Å²) in [6.07, 6.45) is -0.980. The Kier molecular flexibility index (Phi) is 8.32. The van der Waals surface area contributed by atoms with Crippen LogP contribution in [0, 0.1) is 11.8 Å². The van der Waals surface area contributed by atoms with Crippen molar-refractivity contribution in [1.82, 2.24) is 24.6 Å². The third-order valence-electron chi connectivity index (χ3n) is 9.80. The number of methoxy groups -OCH3 is 1. The molecule has 2 fully saturated rings. The van der Waals surface area contributed by atoms with Crippen LogP contribution in [0.3, 0.4) is 0 Å². The van der Waals surface area contributed by atoms with Gasteiger partial charge in [0.05, 0.1) is 18.2 Å². The molecule has 0 radical (unpaired) electrons. The number of ether oxygens (including phenoxy) is 1. The second-order valence-electron chi connectivity index (χ2n) is 13.1. The summed E-state index contributed by atoms with van der Waals surface area (Å²) >= 11 is 0. The van der Waals surface area contributed by atoms with Crippen LogP contribution < -0.4 is 4.90 Å². The number of aromatic nitrogens is 3. The number of hydrogen-bond donors (Lipinski definition) is 0. The van der Waals surface area contributed by atoms with Crippen molar-refractivity contribution in [3.8, 4) is 0 Å². The zero-order valence-corrected chi connectivity index (χ0v) is 26.0. The first kappa shape index (κ1) is 30.7. The maximum absolute atomic E-state index is 14.5. The highest BCUT2D eigenvalue weighted by molar-refractivity contribution is 6.10. The van der Waals surface area contributed by atoms with Crippen LogP contribution >= 0.6 is 0 Å². The van der Waals surface area contributed by atoms with E-state index in [1.165, 1.54) is 11.0 Å². The normalized spacial score (nSPS) is 23.7. The SMILES string of the molecule is COC1CC([C@H](c2cccc(N3Cc4c(cc(CN5CCN(C)C[C@@H]5C(C)C)cc4C(F)(F)F)C3=O)c2)c2nncn2C)C1. The van der Waals surface area contributed by atoms with Gasteiger partial charge in [0.25, 0.3) is 5.91 Å². The Morgan fingerprint density at radius 1 is 1.09 bits per heavy atom. The molecule has 3 heterocycles. The van der Waals surface area contributed by atoms with Gasteiger partial charge in [0.1, 0.15) is 12.2 Å². The van der Waals surface area contributed by atoms with Crippen LogP contribution in [0.25, 0.3) is 0 Å². The number of likely N-dealkylation sites (N-methyl/N-ethyl adjacent to an activating group) is 1. The largest absolute Gasteiger partial charge is 0.416 e. The highest BCUT2D eigenvalue weighted by Gasteiger charge is 2.42. The monoisotopic (exact) mass is 610 g/mol. The van der Waals surface area contributed by atoms with Gasteiger partial charge >= 0.3 is 6.18 Å². The quantitative estimate of drug-likeness (QED) is 0.344. The average molecular weight is 611 g/mol. The van der Waals surface area contributed by atoms with Gasteiger partial charge in [-0.15, -0.1) is 10.2 Å². The lowest BCUT2D eigenvalue weighted by molar-refractivity contribution is -0.138. The Hall–Kier alpha value is -3.28. The molecule has 1 amide bonds. The molecule has 0 spiro atoms. The summed E-state index contributed by atoms with van der Waals surface area (Å²) in [5.41, 5.74) is 1.52. The van der Waals surface area contributed by atoms with Gasteiger partial charge in [0.2, 0.25) is 0 Å². The number of carbonyl (C=O) groups is 1. The lowest BCUT2D eigenvalue weighted by Gasteiger charge is -2.42. The third-order valence-corrected chi connectivity index (χ3v) is 9.80. The van der Waals surface area contributed by atoms with E-state index in [1.54, 1.807) is 25.6 Å². The highest BCUT2D eigenvalue weighted by atomic mass is 19.4. The van der Waals surface area contributed by atoms with Crippen LogP contribution in [0.1, 0.15) is 71.0 Å². The number of fused-ring (bicyclic) bond motifs is 1. The predicted octanol–water partition coefficient (Wildman–Crippen LogP) is 5.32. The Bertz CT molecular complexity index is 1520. The first-order chi connectivity index (χ1) is 20.9. The van der Waals surface area contributed by atoms with Gasteiger partial charge in [-0.3, -0.25) is 9.69 Å². The van der Waals surface area contributed by atoms with Gasteiger partial charge in [-0.1, -0.05) is 26.0 Å². The zero-order valence-electron chi connectivity index (χ0n) is 26.0. The molecule has 2 aromatic carbocycles.